The number of benzene rings is 1. The molecule has 1 unspecified atom stereocenters. The Hall–Kier alpha value is -1.83. The molecule has 1 aliphatic heterocycles. The molecular formula is C16H19F4NO3. The fourth-order valence-electron chi connectivity index (χ4n) is 3.01. The molecule has 4 nitrogen and oxygen atoms in total. The topological polar surface area (TPSA) is 49.8 Å². The van der Waals surface area contributed by atoms with Gasteiger partial charge in [0.05, 0.1) is 6.61 Å². The first-order valence-corrected chi connectivity index (χ1v) is 7.64. The van der Waals surface area contributed by atoms with Crippen molar-refractivity contribution in [1.82, 2.24) is 4.90 Å². The number of alkyl halides is 3. The third-order valence-corrected chi connectivity index (χ3v) is 4.24. The van der Waals surface area contributed by atoms with Gasteiger partial charge in [-0.15, -0.1) is 0 Å². The van der Waals surface area contributed by atoms with Crippen molar-refractivity contribution < 1.29 is 32.2 Å². The van der Waals surface area contributed by atoms with Crippen LogP contribution in [-0.2, 0) is 4.74 Å². The monoisotopic (exact) mass is 349 g/mol. The van der Waals surface area contributed by atoms with Gasteiger partial charge in [-0.3, -0.25) is 0 Å². The Labute approximate surface area is 137 Å². The van der Waals surface area contributed by atoms with Gasteiger partial charge in [-0.1, -0.05) is 12.1 Å². The lowest BCUT2D eigenvalue weighted by atomic mass is 9.80. The normalized spacial score (nSPS) is 17.8. The van der Waals surface area contributed by atoms with Gasteiger partial charge in [-0.2, -0.15) is 13.2 Å². The molecule has 1 amide bonds. The van der Waals surface area contributed by atoms with Gasteiger partial charge >= 0.3 is 12.3 Å². The molecule has 0 bridgehead atoms. The average molecular weight is 349 g/mol. The highest BCUT2D eigenvalue weighted by Crippen LogP contribution is 2.33. The van der Waals surface area contributed by atoms with Crippen LogP contribution in [0, 0.1) is 11.7 Å². The number of halogens is 4. The summed E-state index contributed by atoms with van der Waals surface area (Å²) in [6.07, 6.45) is -4.34. The number of nitrogens with zero attached hydrogens (tertiary/aromatic N) is 1. The minimum Gasteiger partial charge on any atom is -0.465 e. The molecule has 0 saturated carbocycles. The summed E-state index contributed by atoms with van der Waals surface area (Å²) in [6, 6.07) is 5.61. The molecule has 0 aromatic heterocycles. The van der Waals surface area contributed by atoms with Crippen molar-refractivity contribution in [3.8, 4) is 0 Å². The lowest BCUT2D eigenvalue weighted by Gasteiger charge is -2.35. The Bertz CT molecular complexity index is 539. The molecule has 1 aliphatic rings. The van der Waals surface area contributed by atoms with Gasteiger partial charge < -0.3 is 14.7 Å². The van der Waals surface area contributed by atoms with E-state index >= 15 is 0 Å². The Kier molecular flexibility index (Phi) is 6.04. The second-order valence-electron chi connectivity index (χ2n) is 5.90. The summed E-state index contributed by atoms with van der Waals surface area (Å²) in [5, 5.41) is 8.98. The predicted molar refractivity (Wildman–Crippen MR) is 78.3 cm³/mol. The average Bonchev–Trinajstić information content (AvgIpc) is 2.52. The highest BCUT2D eigenvalue weighted by molar-refractivity contribution is 5.65. The van der Waals surface area contributed by atoms with Crippen LogP contribution in [0.2, 0.25) is 0 Å². The van der Waals surface area contributed by atoms with Crippen LogP contribution in [0.4, 0.5) is 22.4 Å². The zero-order valence-electron chi connectivity index (χ0n) is 12.9. The van der Waals surface area contributed by atoms with E-state index in [0.717, 1.165) is 0 Å². The van der Waals surface area contributed by atoms with Crippen molar-refractivity contribution in [2.24, 2.45) is 5.92 Å². The van der Waals surface area contributed by atoms with Crippen LogP contribution < -0.4 is 0 Å². The molecule has 1 aromatic rings. The van der Waals surface area contributed by atoms with Crippen LogP contribution in [0.3, 0.4) is 0 Å². The van der Waals surface area contributed by atoms with Crippen molar-refractivity contribution in [1.29, 1.82) is 0 Å². The minimum absolute atomic E-state index is 0.0145. The van der Waals surface area contributed by atoms with E-state index in [-0.39, 0.29) is 18.4 Å². The van der Waals surface area contributed by atoms with Gasteiger partial charge in [0.1, 0.15) is 12.4 Å². The standard InChI is InChI=1S/C16H19F4NO3/c17-13-3-1-11(2-4-13)14(9-24-10-16(18,19)20)12-5-7-21(8-6-12)15(22)23/h1-4,12,14H,5-10H2,(H,22,23). The molecule has 2 rings (SSSR count). The molecule has 1 heterocycles. The highest BCUT2D eigenvalue weighted by Gasteiger charge is 2.32. The number of rotatable bonds is 5. The van der Waals surface area contributed by atoms with Crippen molar-refractivity contribution in [2.75, 3.05) is 26.3 Å². The van der Waals surface area contributed by atoms with E-state index in [9.17, 15) is 22.4 Å². The van der Waals surface area contributed by atoms with E-state index in [1.165, 1.54) is 17.0 Å². The molecule has 0 aliphatic carbocycles. The van der Waals surface area contributed by atoms with Crippen molar-refractivity contribution in [3.63, 3.8) is 0 Å². The maximum absolute atomic E-state index is 13.1. The number of amides is 1. The molecule has 1 saturated heterocycles. The Morgan fingerprint density at radius 2 is 1.83 bits per heavy atom. The van der Waals surface area contributed by atoms with E-state index in [2.05, 4.69) is 0 Å². The zero-order chi connectivity index (χ0) is 17.7. The quantitative estimate of drug-likeness (QED) is 0.821. The second kappa shape index (κ2) is 7.83. The molecule has 1 aromatic carbocycles. The molecule has 24 heavy (non-hydrogen) atoms. The number of piperidine rings is 1. The van der Waals surface area contributed by atoms with Crippen LogP contribution in [0.5, 0.6) is 0 Å². The number of carbonyl (C=O) groups is 1. The van der Waals surface area contributed by atoms with Gasteiger partial charge in [-0.25, -0.2) is 9.18 Å². The lowest BCUT2D eigenvalue weighted by molar-refractivity contribution is -0.176. The molecule has 134 valence electrons. The summed E-state index contributed by atoms with van der Waals surface area (Å²) in [5.74, 6) is -0.766. The number of likely N-dealkylation sites (tertiary alicyclic amines) is 1. The first kappa shape index (κ1) is 18.5. The van der Waals surface area contributed by atoms with E-state index in [4.69, 9.17) is 9.84 Å². The van der Waals surface area contributed by atoms with Crippen molar-refractivity contribution in [2.45, 2.75) is 24.9 Å². The first-order chi connectivity index (χ1) is 11.3. The number of hydrogen-bond acceptors (Lipinski definition) is 2. The summed E-state index contributed by atoms with van der Waals surface area (Å²) in [7, 11) is 0. The molecular weight excluding hydrogens is 330 g/mol. The summed E-state index contributed by atoms with van der Waals surface area (Å²) in [4.78, 5) is 12.2. The molecule has 0 radical (unpaired) electrons. The summed E-state index contributed by atoms with van der Waals surface area (Å²) >= 11 is 0. The van der Waals surface area contributed by atoms with E-state index in [1.54, 1.807) is 12.1 Å². The fraction of sp³-hybridized carbons (Fsp3) is 0.562. The fourth-order valence-corrected chi connectivity index (χ4v) is 3.01. The Morgan fingerprint density at radius 1 is 1.25 bits per heavy atom. The Balaban J connectivity index is 2.05. The minimum atomic E-state index is -4.40. The van der Waals surface area contributed by atoms with Crippen molar-refractivity contribution >= 4 is 6.09 Å². The first-order valence-electron chi connectivity index (χ1n) is 7.64. The summed E-state index contributed by atoms with van der Waals surface area (Å²) in [6.45, 7) is -0.810. The van der Waals surface area contributed by atoms with Crippen LogP contribution >= 0.6 is 0 Å². The molecule has 0 spiro atoms. The van der Waals surface area contributed by atoms with Gasteiger partial charge in [0.25, 0.3) is 0 Å². The molecule has 1 N–H and O–H groups in total. The van der Waals surface area contributed by atoms with Gasteiger partial charge in [-0.05, 0) is 36.5 Å². The predicted octanol–water partition coefficient (Wildman–Crippen LogP) is 3.88. The zero-order valence-corrected chi connectivity index (χ0v) is 12.9. The molecule has 1 atom stereocenters. The number of ether oxygens (including phenoxy) is 1. The van der Waals surface area contributed by atoms with E-state index < -0.39 is 24.7 Å². The Morgan fingerprint density at radius 3 is 2.33 bits per heavy atom. The van der Waals surface area contributed by atoms with Gasteiger partial charge in [0, 0.05) is 19.0 Å². The van der Waals surface area contributed by atoms with Gasteiger partial charge in [0.15, 0.2) is 0 Å². The number of hydrogen-bond donors (Lipinski definition) is 1. The SMILES string of the molecule is O=C(O)N1CCC(C(COCC(F)(F)F)c2ccc(F)cc2)CC1. The van der Waals surface area contributed by atoms with Crippen LogP contribution in [-0.4, -0.2) is 48.6 Å². The van der Waals surface area contributed by atoms with E-state index in [0.29, 0.717) is 31.5 Å². The number of carboxylic acid groups (broad SMARTS) is 1. The van der Waals surface area contributed by atoms with Crippen LogP contribution in [0.15, 0.2) is 24.3 Å². The van der Waals surface area contributed by atoms with Crippen LogP contribution in [0.1, 0.15) is 24.3 Å². The third-order valence-electron chi connectivity index (χ3n) is 4.24. The molecule has 1 fully saturated rings. The summed E-state index contributed by atoms with van der Waals surface area (Å²) < 4.78 is 54.8. The smallest absolute Gasteiger partial charge is 0.411 e. The lowest BCUT2D eigenvalue weighted by Crippen LogP contribution is -2.39. The highest BCUT2D eigenvalue weighted by atomic mass is 19.4. The van der Waals surface area contributed by atoms with Crippen molar-refractivity contribution in [3.05, 3.63) is 35.6 Å². The third kappa shape index (κ3) is 5.36. The maximum atomic E-state index is 13.1. The summed E-state index contributed by atoms with van der Waals surface area (Å²) in [5.41, 5.74) is 0.701. The van der Waals surface area contributed by atoms with Gasteiger partial charge in [0.2, 0.25) is 0 Å². The van der Waals surface area contributed by atoms with Crippen LogP contribution in [0.25, 0.3) is 0 Å². The largest absolute Gasteiger partial charge is 0.465 e. The maximum Gasteiger partial charge on any atom is 0.411 e. The van der Waals surface area contributed by atoms with E-state index in [1.807, 2.05) is 0 Å². The molecule has 8 heteroatoms. The second-order valence-corrected chi connectivity index (χ2v) is 5.90.